The lowest BCUT2D eigenvalue weighted by Gasteiger charge is -2.15. The molecule has 0 spiro atoms. The first-order valence-corrected chi connectivity index (χ1v) is 8.49. The van der Waals surface area contributed by atoms with Crippen LogP contribution in [0.4, 0.5) is 11.5 Å². The highest BCUT2D eigenvalue weighted by atomic mass is 35.5. The zero-order valence-corrected chi connectivity index (χ0v) is 16.1. The van der Waals surface area contributed by atoms with E-state index < -0.39 is 17.1 Å². The van der Waals surface area contributed by atoms with E-state index in [-0.39, 0.29) is 27.0 Å². The molecule has 0 aliphatic heterocycles. The lowest BCUT2D eigenvalue weighted by molar-refractivity contribution is 0.480. The predicted molar refractivity (Wildman–Crippen MR) is 106 cm³/mol. The molecule has 0 saturated carbocycles. The van der Waals surface area contributed by atoms with Crippen molar-refractivity contribution in [2.24, 2.45) is 0 Å². The summed E-state index contributed by atoms with van der Waals surface area (Å²) in [4.78, 5) is 41.3. The number of halogens is 2. The number of nitrogens with one attached hydrogen (secondary N) is 2. The monoisotopic (exact) mass is 424 g/mol. The second-order valence-corrected chi connectivity index (χ2v) is 6.66. The molecule has 28 heavy (non-hydrogen) atoms. The molecule has 0 aliphatic rings. The number of nitrogens with two attached hydrogens (primary N) is 1. The summed E-state index contributed by atoms with van der Waals surface area (Å²) in [6.07, 6.45) is 1.37. The first kappa shape index (κ1) is 19.5. The summed E-state index contributed by atoms with van der Waals surface area (Å²) in [6.45, 7) is 0. The van der Waals surface area contributed by atoms with Gasteiger partial charge in [0.15, 0.2) is 5.75 Å². The van der Waals surface area contributed by atoms with Crippen LogP contribution in [0.15, 0.2) is 38.8 Å². The van der Waals surface area contributed by atoms with Crippen molar-refractivity contribution in [2.75, 3.05) is 24.7 Å². The maximum Gasteiger partial charge on any atom is 0.349 e. The van der Waals surface area contributed by atoms with E-state index in [2.05, 4.69) is 10.1 Å². The molecular formula is C16H14Cl2N6O4. The molecular weight excluding hydrogens is 411 g/mol. The van der Waals surface area contributed by atoms with Gasteiger partial charge in [-0.05, 0) is 12.1 Å². The Morgan fingerprint density at radius 1 is 1.11 bits per heavy atom. The van der Waals surface area contributed by atoms with Gasteiger partial charge in [0, 0.05) is 26.4 Å². The van der Waals surface area contributed by atoms with E-state index in [1.165, 1.54) is 24.4 Å². The van der Waals surface area contributed by atoms with Crippen molar-refractivity contribution >= 4 is 34.7 Å². The van der Waals surface area contributed by atoms with Gasteiger partial charge in [0.25, 0.3) is 11.1 Å². The Hall–Kier alpha value is -3.24. The van der Waals surface area contributed by atoms with E-state index in [0.717, 1.165) is 4.68 Å². The normalized spacial score (nSPS) is 10.7. The molecule has 0 amide bonds. The molecule has 0 atom stereocenters. The molecule has 2 heterocycles. The molecule has 12 heteroatoms. The number of pyridine rings is 1. The first-order valence-electron chi connectivity index (χ1n) is 7.74. The highest BCUT2D eigenvalue weighted by Gasteiger charge is 2.15. The summed E-state index contributed by atoms with van der Waals surface area (Å²) >= 11 is 12.5. The van der Waals surface area contributed by atoms with Crippen LogP contribution in [0, 0.1) is 0 Å². The van der Waals surface area contributed by atoms with Crippen LogP contribution in [0.3, 0.4) is 0 Å². The highest BCUT2D eigenvalue weighted by Crippen LogP contribution is 2.38. The van der Waals surface area contributed by atoms with E-state index in [0.29, 0.717) is 11.4 Å². The van der Waals surface area contributed by atoms with Gasteiger partial charge >= 0.3 is 5.69 Å². The lowest BCUT2D eigenvalue weighted by atomic mass is 10.3. The van der Waals surface area contributed by atoms with Gasteiger partial charge in [-0.1, -0.05) is 23.2 Å². The molecule has 2 aromatic heterocycles. The molecule has 0 saturated heterocycles. The van der Waals surface area contributed by atoms with Crippen LogP contribution in [-0.2, 0) is 0 Å². The lowest BCUT2D eigenvalue weighted by Crippen LogP contribution is -2.33. The smallest absolute Gasteiger partial charge is 0.349 e. The number of rotatable bonds is 4. The number of hydrogen-bond acceptors (Lipinski definition) is 7. The Labute approximate surface area is 167 Å². The first-order chi connectivity index (χ1) is 13.2. The Kier molecular flexibility index (Phi) is 5.16. The minimum atomic E-state index is -0.809. The number of ether oxygens (including phenoxy) is 1. The van der Waals surface area contributed by atoms with Crippen molar-refractivity contribution in [1.29, 1.82) is 0 Å². The third-order valence-corrected chi connectivity index (χ3v) is 4.20. The van der Waals surface area contributed by atoms with Gasteiger partial charge in [0.1, 0.15) is 11.4 Å². The van der Waals surface area contributed by atoms with Crippen molar-refractivity contribution in [2.45, 2.75) is 0 Å². The van der Waals surface area contributed by atoms with Crippen LogP contribution >= 0.6 is 23.2 Å². The fourth-order valence-corrected chi connectivity index (χ4v) is 2.87. The number of aromatic amines is 2. The van der Waals surface area contributed by atoms with Crippen LogP contribution in [-0.4, -0.2) is 33.8 Å². The molecule has 1 aromatic carbocycles. The summed E-state index contributed by atoms with van der Waals surface area (Å²) in [5.41, 5.74) is 4.10. The van der Waals surface area contributed by atoms with E-state index in [1.807, 2.05) is 4.98 Å². The highest BCUT2D eigenvalue weighted by molar-refractivity contribution is 6.37. The number of nitrogens with zero attached hydrogens (tertiary/aromatic N) is 3. The van der Waals surface area contributed by atoms with Gasteiger partial charge in [-0.15, -0.1) is 5.10 Å². The third kappa shape index (κ3) is 3.73. The Morgan fingerprint density at radius 3 is 2.36 bits per heavy atom. The van der Waals surface area contributed by atoms with Gasteiger partial charge in [-0.25, -0.2) is 4.79 Å². The second-order valence-electron chi connectivity index (χ2n) is 5.84. The van der Waals surface area contributed by atoms with Crippen LogP contribution in [0.5, 0.6) is 11.5 Å². The maximum atomic E-state index is 12.0. The predicted octanol–water partition coefficient (Wildman–Crippen LogP) is 1.36. The minimum Gasteiger partial charge on any atom is -0.453 e. The Balaban J connectivity index is 2.03. The van der Waals surface area contributed by atoms with E-state index in [1.54, 1.807) is 19.0 Å². The fraction of sp³-hybridized carbons (Fsp3) is 0.125. The number of H-pyrrole nitrogens is 2. The van der Waals surface area contributed by atoms with Gasteiger partial charge in [0.05, 0.1) is 15.7 Å². The van der Waals surface area contributed by atoms with Crippen LogP contribution in [0.25, 0.3) is 5.69 Å². The topological polar surface area (TPSA) is 139 Å². The molecule has 0 unspecified atom stereocenters. The van der Waals surface area contributed by atoms with Gasteiger partial charge in [0.2, 0.25) is 5.82 Å². The van der Waals surface area contributed by atoms with Crippen molar-refractivity contribution in [3.8, 4) is 17.2 Å². The molecule has 10 nitrogen and oxygen atoms in total. The number of benzene rings is 1. The van der Waals surface area contributed by atoms with Crippen molar-refractivity contribution < 1.29 is 4.74 Å². The van der Waals surface area contributed by atoms with E-state index in [4.69, 9.17) is 33.7 Å². The Bertz CT molecular complexity index is 1210. The SMILES string of the molecule is CN(C)c1cc(Oc2c(Cl)cc(-n3nc(N)c(=O)[nH]c3=O)cc2Cl)c[nH]c1=O. The zero-order valence-electron chi connectivity index (χ0n) is 14.6. The zero-order chi connectivity index (χ0) is 20.6. The third-order valence-electron chi connectivity index (χ3n) is 3.64. The molecule has 3 rings (SSSR count). The Morgan fingerprint density at radius 2 is 1.75 bits per heavy atom. The molecule has 4 N–H and O–H groups in total. The number of nitrogen functional groups attached to an aromatic ring is 1. The van der Waals surface area contributed by atoms with Gasteiger partial charge in [-0.2, -0.15) is 4.68 Å². The summed E-state index contributed by atoms with van der Waals surface area (Å²) in [5, 5.41) is 3.85. The molecule has 3 aromatic rings. The largest absolute Gasteiger partial charge is 0.453 e. The van der Waals surface area contributed by atoms with Crippen LogP contribution in [0.2, 0.25) is 10.0 Å². The number of hydrogen-bond donors (Lipinski definition) is 3. The second kappa shape index (κ2) is 7.41. The average molecular weight is 425 g/mol. The van der Waals surface area contributed by atoms with Crippen LogP contribution < -0.4 is 32.2 Å². The molecule has 0 aliphatic carbocycles. The number of aromatic nitrogens is 4. The van der Waals surface area contributed by atoms with Gasteiger partial charge < -0.3 is 20.4 Å². The van der Waals surface area contributed by atoms with Crippen molar-refractivity contribution in [1.82, 2.24) is 19.7 Å². The standard InChI is InChI=1S/C16H14Cl2N6O4/c1-23(2)11-5-8(6-20-14(11)25)28-12-9(17)3-7(4-10(12)18)24-16(27)21-15(26)13(19)22-24/h3-6H,1-2H3,(H2,19,22)(H,20,25)(H,21,26,27). The average Bonchev–Trinajstić information content (AvgIpc) is 2.62. The maximum absolute atomic E-state index is 12.0. The van der Waals surface area contributed by atoms with Crippen LogP contribution in [0.1, 0.15) is 0 Å². The van der Waals surface area contributed by atoms with Crippen molar-refractivity contribution in [3.63, 3.8) is 0 Å². The fourth-order valence-electron chi connectivity index (χ4n) is 2.32. The molecule has 0 radical (unpaired) electrons. The number of anilines is 2. The van der Waals surface area contributed by atoms with Crippen molar-refractivity contribution in [3.05, 3.63) is 65.6 Å². The summed E-state index contributed by atoms with van der Waals surface area (Å²) < 4.78 is 6.55. The molecule has 146 valence electrons. The molecule has 0 bridgehead atoms. The molecule has 0 fully saturated rings. The van der Waals surface area contributed by atoms with E-state index in [9.17, 15) is 14.4 Å². The van der Waals surface area contributed by atoms with Gasteiger partial charge in [-0.3, -0.25) is 14.6 Å². The summed E-state index contributed by atoms with van der Waals surface area (Å²) in [5.74, 6) is 0.00865. The van der Waals surface area contributed by atoms with E-state index >= 15 is 0 Å². The quantitative estimate of drug-likeness (QED) is 0.574. The summed E-state index contributed by atoms with van der Waals surface area (Å²) in [7, 11) is 3.42. The minimum absolute atomic E-state index is 0.0681. The summed E-state index contributed by atoms with van der Waals surface area (Å²) in [6, 6.07) is 4.26.